The zero-order valence-electron chi connectivity index (χ0n) is 13.9. The van der Waals surface area contributed by atoms with Gasteiger partial charge in [0.25, 0.3) is 0 Å². The van der Waals surface area contributed by atoms with Gasteiger partial charge in [-0.15, -0.1) is 0 Å². The zero-order valence-corrected chi connectivity index (χ0v) is 14.7. The van der Waals surface area contributed by atoms with Gasteiger partial charge in [-0.05, 0) is 24.6 Å². The van der Waals surface area contributed by atoms with Crippen LogP contribution in [0.4, 0.5) is 5.69 Å². The number of amides is 1. The molecule has 0 bridgehead atoms. The van der Waals surface area contributed by atoms with Crippen LogP contribution in [0.15, 0.2) is 60.7 Å². The lowest BCUT2D eigenvalue weighted by Gasteiger charge is -2.25. The highest BCUT2D eigenvalue weighted by Crippen LogP contribution is 2.15. The Bertz CT molecular complexity index is 761. The molecule has 6 heteroatoms. The maximum atomic E-state index is 12.6. The summed E-state index contributed by atoms with van der Waals surface area (Å²) in [6.07, 6.45) is 1.13. The zero-order chi connectivity index (χ0) is 17.6. The molecule has 0 N–H and O–H groups in total. The highest BCUT2D eigenvalue weighted by atomic mass is 32.2. The molecule has 0 saturated heterocycles. The standard InChI is InChI=1S/C18H22N2O3S/c1-3-20(17-12-8-5-9-13-17)18(21)15-19(24(2,22)23)14-16-10-6-4-7-11-16/h4-13H,3,14-15H2,1-2H3. The molecule has 128 valence electrons. The molecular weight excluding hydrogens is 324 g/mol. The SMILES string of the molecule is CCN(C(=O)CN(Cc1ccccc1)S(C)(=O)=O)c1ccccc1. The van der Waals surface area contributed by atoms with E-state index in [0.717, 1.165) is 17.5 Å². The first-order chi connectivity index (χ1) is 11.4. The van der Waals surface area contributed by atoms with Crippen LogP contribution in [-0.2, 0) is 21.4 Å². The number of para-hydroxylation sites is 1. The summed E-state index contributed by atoms with van der Waals surface area (Å²) in [5.41, 5.74) is 1.61. The third-order valence-electron chi connectivity index (χ3n) is 3.67. The van der Waals surface area contributed by atoms with Gasteiger partial charge >= 0.3 is 0 Å². The van der Waals surface area contributed by atoms with Crippen molar-refractivity contribution in [3.05, 3.63) is 66.2 Å². The van der Waals surface area contributed by atoms with Gasteiger partial charge in [0.1, 0.15) is 0 Å². The Morgan fingerprint density at radius 1 is 0.958 bits per heavy atom. The van der Waals surface area contributed by atoms with Crippen molar-refractivity contribution >= 4 is 21.6 Å². The van der Waals surface area contributed by atoms with E-state index in [9.17, 15) is 13.2 Å². The van der Waals surface area contributed by atoms with Crippen LogP contribution in [0.25, 0.3) is 0 Å². The van der Waals surface area contributed by atoms with Crippen molar-refractivity contribution in [1.29, 1.82) is 0 Å². The smallest absolute Gasteiger partial charge is 0.242 e. The second-order valence-corrected chi connectivity index (χ2v) is 7.47. The molecule has 2 aromatic rings. The summed E-state index contributed by atoms with van der Waals surface area (Å²) >= 11 is 0. The predicted octanol–water partition coefficient (Wildman–Crippen LogP) is 2.50. The Morgan fingerprint density at radius 3 is 2.00 bits per heavy atom. The fourth-order valence-electron chi connectivity index (χ4n) is 2.42. The molecule has 0 spiro atoms. The summed E-state index contributed by atoms with van der Waals surface area (Å²) in [6, 6.07) is 18.5. The first-order valence-electron chi connectivity index (χ1n) is 7.76. The van der Waals surface area contributed by atoms with Crippen molar-refractivity contribution in [3.63, 3.8) is 0 Å². The van der Waals surface area contributed by atoms with E-state index in [1.165, 1.54) is 4.31 Å². The number of likely N-dealkylation sites (N-methyl/N-ethyl adjacent to an activating group) is 1. The molecule has 0 aliphatic heterocycles. The molecule has 0 saturated carbocycles. The maximum Gasteiger partial charge on any atom is 0.242 e. The van der Waals surface area contributed by atoms with Crippen LogP contribution in [0.5, 0.6) is 0 Å². The average molecular weight is 346 g/mol. The largest absolute Gasteiger partial charge is 0.312 e. The van der Waals surface area contributed by atoms with Crippen LogP contribution in [0.1, 0.15) is 12.5 Å². The Labute approximate surface area is 143 Å². The summed E-state index contributed by atoms with van der Waals surface area (Å²) in [7, 11) is -3.50. The molecule has 0 aliphatic rings. The molecule has 2 aromatic carbocycles. The molecule has 0 aromatic heterocycles. The molecular formula is C18H22N2O3S. The van der Waals surface area contributed by atoms with Crippen LogP contribution in [0, 0.1) is 0 Å². The number of rotatable bonds is 7. The van der Waals surface area contributed by atoms with E-state index in [1.807, 2.05) is 67.6 Å². The third kappa shape index (κ3) is 4.91. The van der Waals surface area contributed by atoms with E-state index >= 15 is 0 Å². The van der Waals surface area contributed by atoms with Crippen molar-refractivity contribution in [2.45, 2.75) is 13.5 Å². The minimum Gasteiger partial charge on any atom is -0.312 e. The van der Waals surface area contributed by atoms with Crippen LogP contribution in [-0.4, -0.2) is 38.0 Å². The monoisotopic (exact) mass is 346 g/mol. The van der Waals surface area contributed by atoms with Crippen molar-refractivity contribution in [3.8, 4) is 0 Å². The lowest BCUT2D eigenvalue weighted by atomic mass is 10.2. The third-order valence-corrected chi connectivity index (χ3v) is 4.86. The van der Waals surface area contributed by atoms with Crippen molar-refractivity contribution in [1.82, 2.24) is 4.31 Å². The van der Waals surface area contributed by atoms with Crippen LogP contribution in [0.2, 0.25) is 0 Å². The highest BCUT2D eigenvalue weighted by molar-refractivity contribution is 7.88. The molecule has 0 unspecified atom stereocenters. The average Bonchev–Trinajstić information content (AvgIpc) is 2.56. The van der Waals surface area contributed by atoms with Gasteiger partial charge in [0.2, 0.25) is 15.9 Å². The van der Waals surface area contributed by atoms with Gasteiger partial charge < -0.3 is 4.90 Å². The van der Waals surface area contributed by atoms with Gasteiger partial charge in [-0.1, -0.05) is 48.5 Å². The Morgan fingerprint density at radius 2 is 1.50 bits per heavy atom. The van der Waals surface area contributed by atoms with Crippen molar-refractivity contribution in [2.24, 2.45) is 0 Å². The topological polar surface area (TPSA) is 57.7 Å². The van der Waals surface area contributed by atoms with E-state index in [1.54, 1.807) is 4.90 Å². The number of benzene rings is 2. The predicted molar refractivity (Wildman–Crippen MR) is 96.2 cm³/mol. The molecule has 2 rings (SSSR count). The molecule has 0 aliphatic carbocycles. The fourth-order valence-corrected chi connectivity index (χ4v) is 3.15. The summed E-state index contributed by atoms with van der Waals surface area (Å²) in [5.74, 6) is -0.245. The van der Waals surface area contributed by atoms with Gasteiger partial charge in [0.05, 0.1) is 12.8 Å². The van der Waals surface area contributed by atoms with Gasteiger partial charge in [0.15, 0.2) is 0 Å². The highest BCUT2D eigenvalue weighted by Gasteiger charge is 2.23. The number of carbonyl (C=O) groups excluding carboxylic acids is 1. The second-order valence-electron chi connectivity index (χ2n) is 5.49. The molecule has 0 heterocycles. The lowest BCUT2D eigenvalue weighted by molar-refractivity contribution is -0.118. The Balaban J connectivity index is 2.18. The summed E-state index contributed by atoms with van der Waals surface area (Å²) in [5, 5.41) is 0. The second kappa shape index (κ2) is 8.08. The number of carbonyl (C=O) groups is 1. The van der Waals surface area contributed by atoms with Crippen LogP contribution >= 0.6 is 0 Å². The van der Waals surface area contributed by atoms with E-state index in [4.69, 9.17) is 0 Å². The Hall–Kier alpha value is -2.18. The van der Waals surface area contributed by atoms with Crippen molar-refractivity contribution in [2.75, 3.05) is 24.2 Å². The van der Waals surface area contributed by atoms with Gasteiger partial charge in [-0.3, -0.25) is 4.79 Å². The van der Waals surface area contributed by atoms with E-state index in [2.05, 4.69) is 0 Å². The van der Waals surface area contributed by atoms with E-state index in [0.29, 0.717) is 6.54 Å². The van der Waals surface area contributed by atoms with Gasteiger partial charge in [-0.2, -0.15) is 4.31 Å². The summed E-state index contributed by atoms with van der Waals surface area (Å²) < 4.78 is 25.4. The molecule has 0 atom stereocenters. The molecule has 24 heavy (non-hydrogen) atoms. The van der Waals surface area contributed by atoms with Crippen LogP contribution < -0.4 is 4.90 Å². The molecule has 0 fully saturated rings. The summed E-state index contributed by atoms with van der Waals surface area (Å²) in [6.45, 7) is 2.34. The number of hydrogen-bond acceptors (Lipinski definition) is 3. The minimum absolute atomic E-state index is 0.178. The fraction of sp³-hybridized carbons (Fsp3) is 0.278. The van der Waals surface area contributed by atoms with Gasteiger partial charge in [0, 0.05) is 18.8 Å². The first-order valence-corrected chi connectivity index (χ1v) is 9.61. The minimum atomic E-state index is -3.50. The lowest BCUT2D eigenvalue weighted by Crippen LogP contribution is -2.42. The normalized spacial score (nSPS) is 11.5. The number of hydrogen-bond donors (Lipinski definition) is 0. The van der Waals surface area contributed by atoms with E-state index < -0.39 is 10.0 Å². The summed E-state index contributed by atoms with van der Waals surface area (Å²) in [4.78, 5) is 14.2. The molecule has 1 amide bonds. The molecule has 0 radical (unpaired) electrons. The number of nitrogens with zero attached hydrogens (tertiary/aromatic N) is 2. The first kappa shape index (κ1) is 18.2. The molecule has 5 nitrogen and oxygen atoms in total. The quantitative estimate of drug-likeness (QED) is 0.774. The van der Waals surface area contributed by atoms with Crippen molar-refractivity contribution < 1.29 is 13.2 Å². The van der Waals surface area contributed by atoms with E-state index in [-0.39, 0.29) is 19.0 Å². The number of sulfonamides is 1. The maximum absolute atomic E-state index is 12.6. The Kier molecular flexibility index (Phi) is 6.11. The number of anilines is 1. The van der Waals surface area contributed by atoms with Gasteiger partial charge in [-0.25, -0.2) is 8.42 Å². The van der Waals surface area contributed by atoms with Crippen LogP contribution in [0.3, 0.4) is 0 Å².